The monoisotopic (exact) mass is 371 g/mol. The lowest BCUT2D eigenvalue weighted by atomic mass is 10.2. The van der Waals surface area contributed by atoms with E-state index in [1.54, 1.807) is 48.5 Å². The van der Waals surface area contributed by atoms with Gasteiger partial charge in [0.2, 0.25) is 0 Å². The number of nitrogens with one attached hydrogen (secondary N) is 1. The minimum atomic E-state index is -0.291. The molecule has 1 heterocycles. The van der Waals surface area contributed by atoms with Crippen LogP contribution in [0.25, 0.3) is 11.5 Å². The van der Waals surface area contributed by atoms with Gasteiger partial charge in [0.15, 0.2) is 12.4 Å². The number of hydrogen-bond acceptors (Lipinski definition) is 5. The number of hydrogen-bond donors (Lipinski definition) is 1. The molecular formula is C19H18ClN3O3. The van der Waals surface area contributed by atoms with E-state index < -0.39 is 0 Å². The Morgan fingerprint density at radius 2 is 1.92 bits per heavy atom. The number of halogens is 1. The topological polar surface area (TPSA) is 77.2 Å². The zero-order chi connectivity index (χ0) is 18.5. The zero-order valence-electron chi connectivity index (χ0n) is 14.4. The predicted molar refractivity (Wildman–Crippen MR) is 99.4 cm³/mol. The van der Waals surface area contributed by atoms with Gasteiger partial charge in [-0.15, -0.1) is 0 Å². The van der Waals surface area contributed by atoms with Gasteiger partial charge in [-0.25, -0.2) is 0 Å². The molecule has 2 aromatic carbocycles. The maximum atomic E-state index is 12.0. The third kappa shape index (κ3) is 4.40. The quantitative estimate of drug-likeness (QED) is 0.688. The fourth-order valence-electron chi connectivity index (χ4n) is 2.18. The van der Waals surface area contributed by atoms with Crippen molar-refractivity contribution in [3.8, 4) is 17.2 Å². The number of ether oxygens (including phenoxy) is 1. The highest BCUT2D eigenvalue weighted by Crippen LogP contribution is 2.23. The fraction of sp³-hybridized carbons (Fsp3) is 0.211. The van der Waals surface area contributed by atoms with E-state index in [-0.39, 0.29) is 18.4 Å². The molecule has 7 heteroatoms. The fourth-order valence-corrected chi connectivity index (χ4v) is 2.36. The van der Waals surface area contributed by atoms with Gasteiger partial charge in [0.1, 0.15) is 5.75 Å². The van der Waals surface area contributed by atoms with Gasteiger partial charge in [-0.05, 0) is 36.4 Å². The first kappa shape index (κ1) is 17.9. The summed E-state index contributed by atoms with van der Waals surface area (Å²) in [5.41, 5.74) is 1.34. The maximum absolute atomic E-state index is 12.0. The Morgan fingerprint density at radius 3 is 2.58 bits per heavy atom. The van der Waals surface area contributed by atoms with Crippen LogP contribution in [0.3, 0.4) is 0 Å². The first-order chi connectivity index (χ1) is 12.5. The Bertz CT molecular complexity index is 891. The van der Waals surface area contributed by atoms with E-state index in [0.717, 1.165) is 5.56 Å². The molecule has 3 rings (SSSR count). The van der Waals surface area contributed by atoms with Crippen LogP contribution in [-0.4, -0.2) is 22.7 Å². The third-order valence-corrected chi connectivity index (χ3v) is 3.91. The normalized spacial score (nSPS) is 10.8. The molecule has 1 amide bonds. The first-order valence-corrected chi connectivity index (χ1v) is 8.52. The minimum absolute atomic E-state index is 0.122. The van der Waals surface area contributed by atoms with Gasteiger partial charge in [-0.2, -0.15) is 4.98 Å². The Hall–Kier alpha value is -2.86. The van der Waals surface area contributed by atoms with Crippen molar-refractivity contribution in [2.45, 2.75) is 19.8 Å². The zero-order valence-corrected chi connectivity index (χ0v) is 15.2. The summed E-state index contributed by atoms with van der Waals surface area (Å²) in [6, 6.07) is 14.1. The van der Waals surface area contributed by atoms with Gasteiger partial charge < -0.3 is 14.6 Å². The summed E-state index contributed by atoms with van der Waals surface area (Å²) < 4.78 is 10.7. The van der Waals surface area contributed by atoms with E-state index in [0.29, 0.717) is 28.2 Å². The second kappa shape index (κ2) is 8.01. The first-order valence-electron chi connectivity index (χ1n) is 8.14. The van der Waals surface area contributed by atoms with Gasteiger partial charge in [-0.1, -0.05) is 42.7 Å². The van der Waals surface area contributed by atoms with Crippen molar-refractivity contribution in [1.82, 2.24) is 10.1 Å². The predicted octanol–water partition coefficient (Wildman–Crippen LogP) is 4.53. The van der Waals surface area contributed by atoms with Crippen molar-refractivity contribution in [3.05, 3.63) is 59.4 Å². The van der Waals surface area contributed by atoms with E-state index in [2.05, 4.69) is 15.5 Å². The molecular weight excluding hydrogens is 354 g/mol. The SMILES string of the molecule is CC(C)c1noc(-c2ccc(OCC(=O)Nc3ccccc3Cl)cc2)n1. The highest BCUT2D eigenvalue weighted by Gasteiger charge is 2.12. The highest BCUT2D eigenvalue weighted by molar-refractivity contribution is 6.33. The molecule has 0 unspecified atom stereocenters. The average molecular weight is 372 g/mol. The summed E-state index contributed by atoms with van der Waals surface area (Å²) in [5.74, 6) is 1.59. The summed E-state index contributed by atoms with van der Waals surface area (Å²) in [4.78, 5) is 16.3. The summed E-state index contributed by atoms with van der Waals surface area (Å²) >= 11 is 6.01. The van der Waals surface area contributed by atoms with Crippen molar-refractivity contribution in [1.29, 1.82) is 0 Å². The molecule has 0 aliphatic heterocycles. The number of benzene rings is 2. The van der Waals surface area contributed by atoms with Crippen molar-refractivity contribution in [3.63, 3.8) is 0 Å². The Balaban J connectivity index is 1.57. The largest absolute Gasteiger partial charge is 0.484 e. The molecule has 6 nitrogen and oxygen atoms in total. The summed E-state index contributed by atoms with van der Waals surface area (Å²) in [6.07, 6.45) is 0. The van der Waals surface area contributed by atoms with E-state index in [1.807, 2.05) is 13.8 Å². The summed E-state index contributed by atoms with van der Waals surface area (Å²) in [6.45, 7) is 3.88. The lowest BCUT2D eigenvalue weighted by molar-refractivity contribution is -0.118. The molecule has 0 fully saturated rings. The minimum Gasteiger partial charge on any atom is -0.484 e. The average Bonchev–Trinajstić information content (AvgIpc) is 3.13. The van der Waals surface area contributed by atoms with Crippen LogP contribution in [0.5, 0.6) is 5.75 Å². The summed E-state index contributed by atoms with van der Waals surface area (Å²) in [7, 11) is 0. The van der Waals surface area contributed by atoms with Crippen LogP contribution in [0.15, 0.2) is 53.1 Å². The molecule has 0 radical (unpaired) electrons. The molecule has 3 aromatic rings. The van der Waals surface area contributed by atoms with Crippen LogP contribution < -0.4 is 10.1 Å². The van der Waals surface area contributed by atoms with Gasteiger partial charge in [0.05, 0.1) is 10.7 Å². The molecule has 0 aliphatic rings. The third-order valence-electron chi connectivity index (χ3n) is 3.58. The second-order valence-corrected chi connectivity index (χ2v) is 6.36. The number of carbonyl (C=O) groups excluding carboxylic acids is 1. The molecule has 26 heavy (non-hydrogen) atoms. The van der Waals surface area contributed by atoms with Gasteiger partial charge in [-0.3, -0.25) is 4.79 Å². The van der Waals surface area contributed by atoms with E-state index in [1.165, 1.54) is 0 Å². The lowest BCUT2D eigenvalue weighted by Gasteiger charge is -2.08. The van der Waals surface area contributed by atoms with Gasteiger partial charge in [0, 0.05) is 11.5 Å². The van der Waals surface area contributed by atoms with Crippen LogP contribution in [-0.2, 0) is 4.79 Å². The van der Waals surface area contributed by atoms with Crippen LogP contribution in [0.4, 0.5) is 5.69 Å². The number of carbonyl (C=O) groups is 1. The maximum Gasteiger partial charge on any atom is 0.262 e. The Kier molecular flexibility index (Phi) is 5.53. The van der Waals surface area contributed by atoms with E-state index in [4.69, 9.17) is 20.9 Å². The van der Waals surface area contributed by atoms with E-state index in [9.17, 15) is 4.79 Å². The molecule has 0 saturated heterocycles. The number of nitrogens with zero attached hydrogens (tertiary/aromatic N) is 2. The van der Waals surface area contributed by atoms with Crippen molar-refractivity contribution in [2.24, 2.45) is 0 Å². The Morgan fingerprint density at radius 1 is 1.19 bits per heavy atom. The molecule has 1 N–H and O–H groups in total. The lowest BCUT2D eigenvalue weighted by Crippen LogP contribution is -2.20. The molecule has 0 bridgehead atoms. The van der Waals surface area contributed by atoms with Crippen LogP contribution >= 0.6 is 11.6 Å². The van der Waals surface area contributed by atoms with Crippen LogP contribution in [0, 0.1) is 0 Å². The van der Waals surface area contributed by atoms with Crippen LogP contribution in [0.1, 0.15) is 25.6 Å². The second-order valence-electron chi connectivity index (χ2n) is 5.95. The smallest absolute Gasteiger partial charge is 0.262 e. The van der Waals surface area contributed by atoms with Crippen LogP contribution in [0.2, 0.25) is 5.02 Å². The molecule has 1 aromatic heterocycles. The van der Waals surface area contributed by atoms with Gasteiger partial charge in [0.25, 0.3) is 11.8 Å². The molecule has 0 spiro atoms. The van der Waals surface area contributed by atoms with Gasteiger partial charge >= 0.3 is 0 Å². The standard InChI is InChI=1S/C19H18ClN3O3/c1-12(2)18-22-19(26-23-18)13-7-9-14(10-8-13)25-11-17(24)21-16-6-4-3-5-15(16)20/h3-10,12H,11H2,1-2H3,(H,21,24). The number of rotatable bonds is 6. The molecule has 134 valence electrons. The highest BCUT2D eigenvalue weighted by atomic mass is 35.5. The number of aromatic nitrogens is 2. The molecule has 0 aliphatic carbocycles. The van der Waals surface area contributed by atoms with E-state index >= 15 is 0 Å². The molecule has 0 atom stereocenters. The van der Waals surface area contributed by atoms with Crippen molar-refractivity contribution >= 4 is 23.2 Å². The number of amides is 1. The summed E-state index contributed by atoms with van der Waals surface area (Å²) in [5, 5.41) is 7.12. The Labute approximate surface area is 156 Å². The number of para-hydroxylation sites is 1. The number of anilines is 1. The molecule has 0 saturated carbocycles. The van der Waals surface area contributed by atoms with Crippen molar-refractivity contribution < 1.29 is 14.1 Å². The van der Waals surface area contributed by atoms with Crippen molar-refractivity contribution in [2.75, 3.05) is 11.9 Å².